The summed E-state index contributed by atoms with van der Waals surface area (Å²) in [4.78, 5) is 37.5. The molecule has 0 spiro atoms. The molecule has 2 aliphatic rings. The number of carbonyl (C=O) groups excluding carboxylic acids is 3. The van der Waals surface area contributed by atoms with E-state index in [1.54, 1.807) is 18.2 Å². The predicted molar refractivity (Wildman–Crippen MR) is 119 cm³/mol. The lowest BCUT2D eigenvalue weighted by Gasteiger charge is -2.20. The molecule has 1 aromatic carbocycles. The van der Waals surface area contributed by atoms with E-state index in [4.69, 9.17) is 0 Å². The van der Waals surface area contributed by atoms with Crippen LogP contribution in [0, 0.1) is 0 Å². The minimum Gasteiger partial charge on any atom is -0.381 e. The van der Waals surface area contributed by atoms with Crippen LogP contribution in [0.5, 0.6) is 0 Å². The van der Waals surface area contributed by atoms with Crippen LogP contribution in [0.2, 0.25) is 0 Å². The fraction of sp³-hybridized carbons (Fsp3) is 0.350. The molecule has 4 N–H and O–H groups in total. The minimum atomic E-state index is -3.40. The number of anilines is 1. The predicted octanol–water partition coefficient (Wildman–Crippen LogP) is 0.643. The zero-order valence-corrected chi connectivity index (χ0v) is 18.4. The van der Waals surface area contributed by atoms with Crippen molar-refractivity contribution in [2.24, 2.45) is 0 Å². The van der Waals surface area contributed by atoms with Gasteiger partial charge in [-0.25, -0.2) is 8.42 Å². The Morgan fingerprint density at radius 2 is 1.94 bits per heavy atom. The third kappa shape index (κ3) is 4.28. The second-order valence-corrected chi connectivity index (χ2v) is 11.0. The first-order valence-corrected chi connectivity index (χ1v) is 12.4. The third-order valence-corrected chi connectivity index (χ3v) is 8.20. The molecule has 11 heteroatoms. The number of hydrogen-bond acceptors (Lipinski definition) is 7. The van der Waals surface area contributed by atoms with Gasteiger partial charge in [-0.3, -0.25) is 14.4 Å². The molecular weight excluding hydrogens is 440 g/mol. The summed E-state index contributed by atoms with van der Waals surface area (Å²) in [6.07, 6.45) is 1.06. The van der Waals surface area contributed by atoms with Crippen LogP contribution in [-0.4, -0.2) is 62.3 Å². The largest absolute Gasteiger partial charge is 0.381 e. The van der Waals surface area contributed by atoms with Gasteiger partial charge >= 0.3 is 0 Å². The Labute approximate surface area is 183 Å². The number of hydrogen-bond donors (Lipinski definition) is 4. The van der Waals surface area contributed by atoms with Crippen LogP contribution in [-0.2, 0) is 14.6 Å². The number of sulfone groups is 1. The summed E-state index contributed by atoms with van der Waals surface area (Å²) < 4.78 is 25.0. The van der Waals surface area contributed by atoms with Crippen LogP contribution in [0.3, 0.4) is 0 Å². The molecular formula is C20H22N4O5S2. The summed E-state index contributed by atoms with van der Waals surface area (Å²) in [6, 6.07) is 3.59. The first kappa shape index (κ1) is 21.3. The number of nitrogens with one attached hydrogen (secondary N) is 4. The van der Waals surface area contributed by atoms with Crippen LogP contribution in [0.4, 0.5) is 5.69 Å². The maximum absolute atomic E-state index is 12.9. The summed E-state index contributed by atoms with van der Waals surface area (Å²) in [5.74, 6) is -1.60. The fourth-order valence-electron chi connectivity index (χ4n) is 3.80. The van der Waals surface area contributed by atoms with Crippen molar-refractivity contribution in [3.8, 4) is 0 Å². The summed E-state index contributed by atoms with van der Waals surface area (Å²) in [5, 5.41) is 12.2. The molecule has 0 saturated carbocycles. The van der Waals surface area contributed by atoms with Crippen molar-refractivity contribution in [1.82, 2.24) is 16.0 Å². The number of amides is 3. The van der Waals surface area contributed by atoms with Crippen molar-refractivity contribution >= 4 is 54.7 Å². The topological polar surface area (TPSA) is 133 Å². The standard InChI is InChI=1S/C20H22N4O5S2/c1-3-16(25)23-13-8-31(28,29)9-14(13)24-19(26)11-4-5-15-12(6-11)17-18(30-15)20(27)22-10(2)7-21-17/h3-6,10,13-14,21H,1,7-9H2,2H3,(H,22,27)(H,23,25)(H,24,26)/t10-,13?,14?/m1/s1. The smallest absolute Gasteiger partial charge is 0.263 e. The van der Waals surface area contributed by atoms with E-state index in [1.165, 1.54) is 11.3 Å². The molecule has 0 radical (unpaired) electrons. The highest BCUT2D eigenvalue weighted by molar-refractivity contribution is 7.91. The maximum atomic E-state index is 12.9. The monoisotopic (exact) mass is 462 g/mol. The first-order chi connectivity index (χ1) is 14.7. The number of benzene rings is 1. The third-order valence-electron chi connectivity index (χ3n) is 5.30. The van der Waals surface area contributed by atoms with E-state index in [-0.39, 0.29) is 23.5 Å². The van der Waals surface area contributed by atoms with Crippen LogP contribution in [0.15, 0.2) is 30.9 Å². The molecule has 1 aromatic heterocycles. The van der Waals surface area contributed by atoms with E-state index >= 15 is 0 Å². The maximum Gasteiger partial charge on any atom is 0.263 e. The summed E-state index contributed by atoms with van der Waals surface area (Å²) >= 11 is 1.34. The molecule has 1 fully saturated rings. The van der Waals surface area contributed by atoms with Crippen molar-refractivity contribution in [3.63, 3.8) is 0 Å². The quantitative estimate of drug-likeness (QED) is 0.493. The molecule has 0 bridgehead atoms. The van der Waals surface area contributed by atoms with Crippen LogP contribution < -0.4 is 21.3 Å². The van der Waals surface area contributed by atoms with Gasteiger partial charge < -0.3 is 21.3 Å². The van der Waals surface area contributed by atoms with Crippen molar-refractivity contribution in [1.29, 1.82) is 0 Å². The molecule has 2 aliphatic heterocycles. The van der Waals surface area contributed by atoms with Crippen LogP contribution in [0.25, 0.3) is 10.1 Å². The van der Waals surface area contributed by atoms with Gasteiger partial charge in [-0.15, -0.1) is 11.3 Å². The highest BCUT2D eigenvalue weighted by atomic mass is 32.2. The Morgan fingerprint density at radius 1 is 1.23 bits per heavy atom. The van der Waals surface area contributed by atoms with E-state index < -0.39 is 33.7 Å². The lowest BCUT2D eigenvalue weighted by atomic mass is 10.1. The average molecular weight is 463 g/mol. The van der Waals surface area contributed by atoms with E-state index in [0.717, 1.165) is 16.2 Å². The zero-order valence-electron chi connectivity index (χ0n) is 16.7. The summed E-state index contributed by atoms with van der Waals surface area (Å²) in [7, 11) is -3.40. The molecule has 9 nitrogen and oxygen atoms in total. The molecule has 3 amide bonds. The number of carbonyl (C=O) groups is 3. The Kier molecular flexibility index (Phi) is 5.48. The SMILES string of the molecule is C=CC(=O)NC1CS(=O)(=O)CC1NC(=O)c1ccc2sc3c(c2c1)NC[C@@H](C)NC3=O. The van der Waals surface area contributed by atoms with Gasteiger partial charge in [-0.2, -0.15) is 0 Å². The van der Waals surface area contributed by atoms with E-state index in [2.05, 4.69) is 27.8 Å². The molecule has 3 heterocycles. The normalized spacial score (nSPS) is 24.4. The lowest BCUT2D eigenvalue weighted by molar-refractivity contribution is -0.117. The van der Waals surface area contributed by atoms with Gasteiger partial charge in [-0.1, -0.05) is 6.58 Å². The van der Waals surface area contributed by atoms with Gasteiger partial charge in [0.1, 0.15) is 4.88 Å². The molecule has 31 heavy (non-hydrogen) atoms. The Hall–Kier alpha value is -2.92. The molecule has 2 unspecified atom stereocenters. The molecule has 164 valence electrons. The summed E-state index contributed by atoms with van der Waals surface area (Å²) in [6.45, 7) is 5.83. The van der Waals surface area contributed by atoms with Crippen LogP contribution in [0.1, 0.15) is 27.0 Å². The second kappa shape index (κ2) is 7.97. The van der Waals surface area contributed by atoms with Crippen molar-refractivity contribution in [2.45, 2.75) is 25.0 Å². The number of fused-ring (bicyclic) bond motifs is 3. The molecule has 0 aliphatic carbocycles. The van der Waals surface area contributed by atoms with E-state index in [0.29, 0.717) is 22.7 Å². The van der Waals surface area contributed by atoms with E-state index in [9.17, 15) is 22.8 Å². The van der Waals surface area contributed by atoms with Gasteiger partial charge in [0.15, 0.2) is 9.84 Å². The molecule has 3 atom stereocenters. The Bertz CT molecular complexity index is 1200. The molecule has 4 rings (SSSR count). The van der Waals surface area contributed by atoms with Crippen molar-refractivity contribution < 1.29 is 22.8 Å². The van der Waals surface area contributed by atoms with Gasteiger partial charge in [-0.05, 0) is 31.2 Å². The molecule has 1 saturated heterocycles. The average Bonchev–Trinajstić information content (AvgIpc) is 3.17. The lowest BCUT2D eigenvalue weighted by Crippen LogP contribution is -2.50. The van der Waals surface area contributed by atoms with E-state index in [1.807, 2.05) is 6.92 Å². The summed E-state index contributed by atoms with van der Waals surface area (Å²) in [5.41, 5.74) is 1.03. The van der Waals surface area contributed by atoms with Crippen LogP contribution >= 0.6 is 11.3 Å². The van der Waals surface area contributed by atoms with Crippen molar-refractivity contribution in [2.75, 3.05) is 23.4 Å². The van der Waals surface area contributed by atoms with Crippen molar-refractivity contribution in [3.05, 3.63) is 41.3 Å². The van der Waals surface area contributed by atoms with Gasteiger partial charge in [0.05, 0.1) is 29.3 Å². The second-order valence-electron chi connectivity index (χ2n) is 7.75. The van der Waals surface area contributed by atoms with Gasteiger partial charge in [0, 0.05) is 28.2 Å². The fourth-order valence-corrected chi connectivity index (χ4v) is 6.72. The van der Waals surface area contributed by atoms with Gasteiger partial charge in [0.2, 0.25) is 5.91 Å². The van der Waals surface area contributed by atoms with Gasteiger partial charge in [0.25, 0.3) is 11.8 Å². The number of thiophene rings is 1. The first-order valence-electron chi connectivity index (χ1n) is 9.72. The zero-order chi connectivity index (χ0) is 22.3. The minimum absolute atomic E-state index is 0.0272. The number of rotatable bonds is 4. The highest BCUT2D eigenvalue weighted by Gasteiger charge is 2.39. The Morgan fingerprint density at radius 3 is 2.65 bits per heavy atom. The molecule has 2 aromatic rings. The Balaban J connectivity index is 1.60. The highest BCUT2D eigenvalue weighted by Crippen LogP contribution is 2.37.